The van der Waals surface area contributed by atoms with Gasteiger partial charge in [0, 0.05) is 6.20 Å². The third-order valence-electron chi connectivity index (χ3n) is 4.24. The van der Waals surface area contributed by atoms with Crippen molar-refractivity contribution in [3.8, 4) is 5.75 Å². The summed E-state index contributed by atoms with van der Waals surface area (Å²) in [6.45, 7) is 4.79. The van der Waals surface area contributed by atoms with Crippen LogP contribution in [-0.2, 0) is 23.0 Å². The number of nitrogens with zero attached hydrogens (tertiary/aromatic N) is 2. The fourth-order valence-corrected chi connectivity index (χ4v) is 3.98. The Kier molecular flexibility index (Phi) is 6.04. The SMILES string of the molecule is COc1cccc(Cn2cc(NS(=O)(=O)c3ccc(CC(C)C)cc3)cn2)c1. The summed E-state index contributed by atoms with van der Waals surface area (Å²) in [6.07, 6.45) is 4.10. The molecule has 3 aromatic rings. The first-order valence-corrected chi connectivity index (χ1v) is 10.6. The summed E-state index contributed by atoms with van der Waals surface area (Å²) in [4.78, 5) is 0.237. The van der Waals surface area contributed by atoms with Gasteiger partial charge in [0.2, 0.25) is 0 Å². The molecular formula is C21H25N3O3S. The molecule has 148 valence electrons. The third-order valence-corrected chi connectivity index (χ3v) is 5.64. The number of hydrogen-bond donors (Lipinski definition) is 1. The maximum atomic E-state index is 12.6. The van der Waals surface area contributed by atoms with Crippen LogP contribution < -0.4 is 9.46 Å². The molecule has 2 aromatic carbocycles. The van der Waals surface area contributed by atoms with E-state index in [0.29, 0.717) is 18.2 Å². The van der Waals surface area contributed by atoms with Crippen LogP contribution in [0.2, 0.25) is 0 Å². The summed E-state index contributed by atoms with van der Waals surface area (Å²) < 4.78 is 34.7. The van der Waals surface area contributed by atoms with E-state index in [1.807, 2.05) is 36.4 Å². The van der Waals surface area contributed by atoms with Crippen molar-refractivity contribution in [2.45, 2.75) is 31.7 Å². The van der Waals surface area contributed by atoms with E-state index >= 15 is 0 Å². The summed E-state index contributed by atoms with van der Waals surface area (Å²) in [5.41, 5.74) is 2.56. The van der Waals surface area contributed by atoms with Crippen molar-refractivity contribution >= 4 is 15.7 Å². The number of anilines is 1. The molecule has 1 N–H and O–H groups in total. The molecule has 6 nitrogen and oxygen atoms in total. The van der Waals surface area contributed by atoms with Gasteiger partial charge in [-0.3, -0.25) is 9.40 Å². The van der Waals surface area contributed by atoms with Crippen molar-refractivity contribution in [3.63, 3.8) is 0 Å². The molecule has 28 heavy (non-hydrogen) atoms. The minimum atomic E-state index is -3.65. The highest BCUT2D eigenvalue weighted by atomic mass is 32.2. The molecule has 0 bridgehead atoms. The van der Waals surface area contributed by atoms with Crippen molar-refractivity contribution in [1.82, 2.24) is 9.78 Å². The lowest BCUT2D eigenvalue weighted by Gasteiger charge is -2.08. The van der Waals surface area contributed by atoms with E-state index in [1.165, 1.54) is 6.20 Å². The Morgan fingerprint density at radius 1 is 1.11 bits per heavy atom. The average Bonchev–Trinajstić information content (AvgIpc) is 3.08. The van der Waals surface area contributed by atoms with Crippen LogP contribution in [0.25, 0.3) is 0 Å². The molecule has 1 heterocycles. The topological polar surface area (TPSA) is 73.2 Å². The van der Waals surface area contributed by atoms with Gasteiger partial charge < -0.3 is 4.74 Å². The lowest BCUT2D eigenvalue weighted by atomic mass is 10.0. The zero-order valence-electron chi connectivity index (χ0n) is 16.3. The fourth-order valence-electron chi connectivity index (χ4n) is 2.95. The minimum Gasteiger partial charge on any atom is -0.497 e. The van der Waals surface area contributed by atoms with Crippen LogP contribution in [0.1, 0.15) is 25.0 Å². The Labute approximate surface area is 166 Å². The summed E-state index contributed by atoms with van der Waals surface area (Å²) >= 11 is 0. The van der Waals surface area contributed by atoms with Gasteiger partial charge in [0.05, 0.1) is 30.4 Å². The molecule has 0 radical (unpaired) electrons. The Bertz CT molecular complexity index is 1030. The molecule has 0 unspecified atom stereocenters. The number of methoxy groups -OCH3 is 1. The Hall–Kier alpha value is -2.80. The molecule has 0 aliphatic carbocycles. The smallest absolute Gasteiger partial charge is 0.261 e. The molecular weight excluding hydrogens is 374 g/mol. The summed E-state index contributed by atoms with van der Waals surface area (Å²) in [5, 5.41) is 4.24. The van der Waals surface area contributed by atoms with Gasteiger partial charge in [-0.2, -0.15) is 5.10 Å². The number of aromatic nitrogens is 2. The van der Waals surface area contributed by atoms with Crippen LogP contribution in [0.5, 0.6) is 5.75 Å². The molecule has 0 atom stereocenters. The highest BCUT2D eigenvalue weighted by Gasteiger charge is 2.15. The van der Waals surface area contributed by atoms with Gasteiger partial charge in [-0.25, -0.2) is 8.42 Å². The number of nitrogens with one attached hydrogen (secondary N) is 1. The van der Waals surface area contributed by atoms with Gasteiger partial charge >= 0.3 is 0 Å². The van der Waals surface area contributed by atoms with E-state index in [1.54, 1.807) is 30.1 Å². The first kappa shape index (κ1) is 19.9. The predicted octanol–water partition coefficient (Wildman–Crippen LogP) is 3.94. The van der Waals surface area contributed by atoms with Crippen LogP contribution in [-0.4, -0.2) is 25.3 Å². The maximum Gasteiger partial charge on any atom is 0.261 e. The Morgan fingerprint density at radius 2 is 1.86 bits per heavy atom. The van der Waals surface area contributed by atoms with Gasteiger partial charge in [0.1, 0.15) is 5.75 Å². The molecule has 0 aliphatic heterocycles. The van der Waals surface area contributed by atoms with E-state index in [0.717, 1.165) is 23.3 Å². The Morgan fingerprint density at radius 3 is 2.54 bits per heavy atom. The molecule has 1 aromatic heterocycles. The van der Waals surface area contributed by atoms with E-state index < -0.39 is 10.0 Å². The highest BCUT2D eigenvalue weighted by molar-refractivity contribution is 7.92. The summed E-state index contributed by atoms with van der Waals surface area (Å²) in [6, 6.07) is 14.7. The van der Waals surface area contributed by atoms with Crippen LogP contribution in [0.15, 0.2) is 65.8 Å². The molecule has 0 aliphatic rings. The van der Waals surface area contributed by atoms with Crippen molar-refractivity contribution < 1.29 is 13.2 Å². The fraction of sp³-hybridized carbons (Fsp3) is 0.286. The molecule has 0 amide bonds. The van der Waals surface area contributed by atoms with E-state index in [2.05, 4.69) is 23.7 Å². The average molecular weight is 400 g/mol. The van der Waals surface area contributed by atoms with E-state index in [-0.39, 0.29) is 4.90 Å². The zero-order valence-corrected chi connectivity index (χ0v) is 17.1. The number of ether oxygens (including phenoxy) is 1. The second-order valence-electron chi connectivity index (χ2n) is 7.13. The minimum absolute atomic E-state index is 0.237. The lowest BCUT2D eigenvalue weighted by molar-refractivity contribution is 0.414. The van der Waals surface area contributed by atoms with Gasteiger partial charge in [-0.1, -0.05) is 38.1 Å². The number of rotatable bonds is 8. The molecule has 0 fully saturated rings. The van der Waals surface area contributed by atoms with Crippen LogP contribution in [0.3, 0.4) is 0 Å². The zero-order chi connectivity index (χ0) is 20.1. The van der Waals surface area contributed by atoms with Gasteiger partial charge in [0.15, 0.2) is 0 Å². The van der Waals surface area contributed by atoms with E-state index in [4.69, 9.17) is 4.74 Å². The van der Waals surface area contributed by atoms with Gasteiger partial charge in [0.25, 0.3) is 10.0 Å². The lowest BCUT2D eigenvalue weighted by Crippen LogP contribution is -2.12. The van der Waals surface area contributed by atoms with Gasteiger partial charge in [-0.15, -0.1) is 0 Å². The highest BCUT2D eigenvalue weighted by Crippen LogP contribution is 2.18. The van der Waals surface area contributed by atoms with Crippen LogP contribution in [0, 0.1) is 5.92 Å². The Balaban J connectivity index is 1.69. The molecule has 0 spiro atoms. The molecule has 0 saturated heterocycles. The van der Waals surface area contributed by atoms with Crippen molar-refractivity contribution in [1.29, 1.82) is 0 Å². The molecule has 3 rings (SSSR count). The second-order valence-corrected chi connectivity index (χ2v) is 8.81. The first-order valence-electron chi connectivity index (χ1n) is 9.13. The summed E-state index contributed by atoms with van der Waals surface area (Å²) in [7, 11) is -2.03. The molecule has 7 heteroatoms. The third kappa shape index (κ3) is 5.13. The van der Waals surface area contributed by atoms with Crippen molar-refractivity contribution in [3.05, 3.63) is 72.1 Å². The second kappa shape index (κ2) is 8.48. The largest absolute Gasteiger partial charge is 0.497 e. The predicted molar refractivity (Wildman–Crippen MR) is 110 cm³/mol. The number of sulfonamides is 1. The van der Waals surface area contributed by atoms with Crippen LogP contribution >= 0.6 is 0 Å². The van der Waals surface area contributed by atoms with E-state index in [9.17, 15) is 8.42 Å². The standard InChI is InChI=1S/C21H25N3O3S/c1-16(2)11-17-7-9-21(10-8-17)28(25,26)23-19-13-22-24(15-19)14-18-5-4-6-20(12-18)27-3/h4-10,12-13,15-16,23H,11,14H2,1-3H3. The molecule has 0 saturated carbocycles. The van der Waals surface area contributed by atoms with Crippen LogP contribution in [0.4, 0.5) is 5.69 Å². The number of benzene rings is 2. The normalized spacial score (nSPS) is 11.6. The summed E-state index contributed by atoms with van der Waals surface area (Å²) in [5.74, 6) is 1.29. The quantitative estimate of drug-likeness (QED) is 0.623. The maximum absolute atomic E-state index is 12.6. The van der Waals surface area contributed by atoms with Crippen molar-refractivity contribution in [2.24, 2.45) is 5.92 Å². The first-order chi connectivity index (χ1) is 13.4. The van der Waals surface area contributed by atoms with Crippen molar-refractivity contribution in [2.75, 3.05) is 11.8 Å². The monoisotopic (exact) mass is 399 g/mol. The number of hydrogen-bond acceptors (Lipinski definition) is 4. The van der Waals surface area contributed by atoms with Gasteiger partial charge in [-0.05, 0) is 47.7 Å².